The van der Waals surface area contributed by atoms with E-state index in [4.69, 9.17) is 0 Å². The Bertz CT molecular complexity index is 798. The average Bonchev–Trinajstić information content (AvgIpc) is 3.53. The van der Waals surface area contributed by atoms with Crippen molar-refractivity contribution in [2.45, 2.75) is 78.1 Å². The van der Waals surface area contributed by atoms with E-state index in [1.54, 1.807) is 0 Å². The minimum atomic E-state index is 0.423. The van der Waals surface area contributed by atoms with E-state index < -0.39 is 0 Å². The van der Waals surface area contributed by atoms with Crippen LogP contribution >= 0.6 is 0 Å². The summed E-state index contributed by atoms with van der Waals surface area (Å²) >= 11 is 0. The molecule has 148 valence electrons. The topological polar surface area (TPSA) is 17.1 Å². The van der Waals surface area contributed by atoms with Gasteiger partial charge in [-0.15, -0.1) is 0 Å². The number of hydrogen-bond acceptors (Lipinski definition) is 1. The lowest BCUT2D eigenvalue weighted by molar-refractivity contribution is -0.120. The summed E-state index contributed by atoms with van der Waals surface area (Å²) < 4.78 is 0. The fourth-order valence-electron chi connectivity index (χ4n) is 5.12. The maximum atomic E-state index is 13.2. The van der Waals surface area contributed by atoms with Crippen LogP contribution < -0.4 is 0 Å². The molecule has 0 N–H and O–H groups in total. The van der Waals surface area contributed by atoms with Gasteiger partial charge in [-0.3, -0.25) is 4.79 Å². The third-order valence-corrected chi connectivity index (χ3v) is 6.93. The Morgan fingerprint density at radius 2 is 1.14 bits per heavy atom. The van der Waals surface area contributed by atoms with E-state index >= 15 is 0 Å². The standard InChI is InChI=1S/C27H34O/c1-17-5-11-24(19(3)13-17)26(21-7-8-21)15-23(28)16-27(22-9-10-22)25-12-6-18(2)14-20(25)4/h5-6,11-14,21-22,26-27H,7-10,15-16H2,1-4H3/t26-,27+. The summed E-state index contributed by atoms with van der Waals surface area (Å²) in [6.45, 7) is 8.73. The van der Waals surface area contributed by atoms with Crippen LogP contribution in [-0.4, -0.2) is 5.78 Å². The zero-order chi connectivity index (χ0) is 19.8. The first-order valence-corrected chi connectivity index (χ1v) is 11.1. The lowest BCUT2D eigenvalue weighted by Gasteiger charge is -2.22. The zero-order valence-corrected chi connectivity index (χ0v) is 17.9. The molecule has 0 bridgehead atoms. The second-order valence-electron chi connectivity index (χ2n) is 9.55. The number of benzene rings is 2. The van der Waals surface area contributed by atoms with Gasteiger partial charge in [0.1, 0.15) is 5.78 Å². The monoisotopic (exact) mass is 374 g/mol. The second-order valence-corrected chi connectivity index (χ2v) is 9.55. The van der Waals surface area contributed by atoms with Crippen molar-refractivity contribution in [1.29, 1.82) is 0 Å². The summed E-state index contributed by atoms with van der Waals surface area (Å²) in [7, 11) is 0. The van der Waals surface area contributed by atoms with Gasteiger partial charge < -0.3 is 0 Å². The molecule has 2 fully saturated rings. The van der Waals surface area contributed by atoms with Gasteiger partial charge >= 0.3 is 0 Å². The van der Waals surface area contributed by atoms with Crippen molar-refractivity contribution in [2.75, 3.05) is 0 Å². The smallest absolute Gasteiger partial charge is 0.134 e. The molecule has 1 nitrogen and oxygen atoms in total. The largest absolute Gasteiger partial charge is 0.300 e. The van der Waals surface area contributed by atoms with E-state index in [9.17, 15) is 4.79 Å². The van der Waals surface area contributed by atoms with Crippen molar-refractivity contribution >= 4 is 5.78 Å². The maximum absolute atomic E-state index is 13.2. The molecule has 0 heterocycles. The number of carbonyl (C=O) groups excluding carboxylic acids is 1. The van der Waals surface area contributed by atoms with Gasteiger partial charge in [0.25, 0.3) is 0 Å². The van der Waals surface area contributed by atoms with E-state index in [2.05, 4.69) is 64.1 Å². The molecule has 2 saturated carbocycles. The summed E-state index contributed by atoms with van der Waals surface area (Å²) in [5.74, 6) is 2.74. The number of Topliss-reactive ketones (excluding diaryl/α,β-unsaturated/α-hetero) is 1. The van der Waals surface area contributed by atoms with Gasteiger partial charge in [-0.1, -0.05) is 47.5 Å². The molecule has 0 radical (unpaired) electrons. The predicted octanol–water partition coefficient (Wildman–Crippen LogP) is 6.96. The van der Waals surface area contributed by atoms with Crippen molar-refractivity contribution in [3.8, 4) is 0 Å². The normalized spacial score (nSPS) is 18.7. The van der Waals surface area contributed by atoms with Crippen LogP contribution in [0.3, 0.4) is 0 Å². The van der Waals surface area contributed by atoms with Gasteiger partial charge in [-0.25, -0.2) is 0 Å². The highest BCUT2D eigenvalue weighted by atomic mass is 16.1. The number of hydrogen-bond donors (Lipinski definition) is 0. The summed E-state index contributed by atoms with van der Waals surface area (Å²) in [5, 5.41) is 0. The molecule has 4 rings (SSSR count). The molecule has 2 aromatic carbocycles. The molecule has 0 aliphatic heterocycles. The van der Waals surface area contributed by atoms with Gasteiger partial charge in [-0.05, 0) is 99.3 Å². The minimum absolute atomic E-state index is 0.423. The third kappa shape index (κ3) is 4.40. The first-order chi connectivity index (χ1) is 13.4. The van der Waals surface area contributed by atoms with Crippen LogP contribution in [0.2, 0.25) is 0 Å². The molecule has 0 amide bonds. The fourth-order valence-corrected chi connectivity index (χ4v) is 5.12. The number of aryl methyl sites for hydroxylation is 4. The lowest BCUT2D eigenvalue weighted by atomic mass is 9.81. The van der Waals surface area contributed by atoms with Crippen molar-refractivity contribution in [2.24, 2.45) is 11.8 Å². The summed E-state index contributed by atoms with van der Waals surface area (Å²) in [4.78, 5) is 13.2. The Morgan fingerprint density at radius 3 is 1.46 bits per heavy atom. The van der Waals surface area contributed by atoms with Crippen LogP contribution in [0.15, 0.2) is 36.4 Å². The molecule has 2 aliphatic carbocycles. The number of rotatable bonds is 8. The molecule has 0 aromatic heterocycles. The quantitative estimate of drug-likeness (QED) is 0.488. The fraction of sp³-hybridized carbons (Fsp3) is 0.519. The SMILES string of the molecule is Cc1ccc([C@@H](CC(=O)C[C@@H](c2ccc(C)cc2C)C2CC2)C2CC2)c(C)c1. The molecular formula is C27H34O. The van der Waals surface area contributed by atoms with Gasteiger partial charge in [0.15, 0.2) is 0 Å². The lowest BCUT2D eigenvalue weighted by Crippen LogP contribution is -2.15. The number of ketones is 1. The van der Waals surface area contributed by atoms with Crippen molar-refractivity contribution in [1.82, 2.24) is 0 Å². The molecule has 1 heteroatoms. The van der Waals surface area contributed by atoms with Crippen LogP contribution in [0.4, 0.5) is 0 Å². The van der Waals surface area contributed by atoms with Crippen molar-refractivity contribution in [3.63, 3.8) is 0 Å². The first-order valence-electron chi connectivity index (χ1n) is 11.1. The molecule has 0 unspecified atom stereocenters. The summed E-state index contributed by atoms with van der Waals surface area (Å²) in [6.07, 6.45) is 6.59. The van der Waals surface area contributed by atoms with Crippen LogP contribution in [0, 0.1) is 39.5 Å². The van der Waals surface area contributed by atoms with Crippen LogP contribution in [0.1, 0.15) is 83.7 Å². The third-order valence-electron chi connectivity index (χ3n) is 6.93. The van der Waals surface area contributed by atoms with Gasteiger partial charge in [-0.2, -0.15) is 0 Å². The van der Waals surface area contributed by atoms with Crippen molar-refractivity contribution < 1.29 is 4.79 Å². The second kappa shape index (κ2) is 7.85. The Hall–Kier alpha value is -1.89. The zero-order valence-electron chi connectivity index (χ0n) is 17.9. The van der Waals surface area contributed by atoms with Crippen LogP contribution in [0.5, 0.6) is 0 Å². The number of carbonyl (C=O) groups is 1. The van der Waals surface area contributed by atoms with E-state index in [-0.39, 0.29) is 0 Å². The predicted molar refractivity (Wildman–Crippen MR) is 117 cm³/mol. The molecule has 0 saturated heterocycles. The molecule has 28 heavy (non-hydrogen) atoms. The van der Waals surface area contributed by atoms with Gasteiger partial charge in [0, 0.05) is 12.8 Å². The highest BCUT2D eigenvalue weighted by Gasteiger charge is 2.37. The molecule has 2 atom stereocenters. The van der Waals surface area contributed by atoms with Crippen molar-refractivity contribution in [3.05, 3.63) is 69.8 Å². The summed E-state index contributed by atoms with van der Waals surface area (Å²) in [6, 6.07) is 13.5. The maximum Gasteiger partial charge on any atom is 0.134 e. The van der Waals surface area contributed by atoms with E-state index in [0.717, 1.165) is 12.8 Å². The average molecular weight is 375 g/mol. The Labute approximate surface area is 170 Å². The van der Waals surface area contributed by atoms with Crippen LogP contribution in [0.25, 0.3) is 0 Å². The Kier molecular flexibility index (Phi) is 5.45. The van der Waals surface area contributed by atoms with Gasteiger partial charge in [0.2, 0.25) is 0 Å². The molecule has 2 aromatic rings. The minimum Gasteiger partial charge on any atom is -0.300 e. The molecule has 2 aliphatic rings. The van der Waals surface area contributed by atoms with E-state index in [1.807, 2.05) is 0 Å². The first kappa shape index (κ1) is 19.4. The van der Waals surface area contributed by atoms with E-state index in [0.29, 0.717) is 29.5 Å². The highest BCUT2D eigenvalue weighted by Crippen LogP contribution is 2.48. The van der Waals surface area contributed by atoms with Crippen LogP contribution in [-0.2, 0) is 4.79 Å². The summed E-state index contributed by atoms with van der Waals surface area (Å²) in [5.41, 5.74) is 8.17. The highest BCUT2D eigenvalue weighted by molar-refractivity contribution is 5.80. The van der Waals surface area contributed by atoms with E-state index in [1.165, 1.54) is 59.1 Å². The Balaban J connectivity index is 1.51. The Morgan fingerprint density at radius 1 is 0.750 bits per heavy atom. The van der Waals surface area contributed by atoms with Gasteiger partial charge in [0.05, 0.1) is 0 Å². The molecular weight excluding hydrogens is 340 g/mol. The molecule has 0 spiro atoms.